The van der Waals surface area contributed by atoms with Crippen LogP contribution < -0.4 is 5.73 Å². The van der Waals surface area contributed by atoms with Gasteiger partial charge in [-0.25, -0.2) is 4.98 Å². The Hall–Kier alpha value is -1.39. The van der Waals surface area contributed by atoms with Gasteiger partial charge in [0.15, 0.2) is 0 Å². The van der Waals surface area contributed by atoms with Gasteiger partial charge in [0.05, 0.1) is 16.6 Å². The van der Waals surface area contributed by atoms with Gasteiger partial charge in [0.2, 0.25) is 0 Å². The first-order valence-electron chi connectivity index (χ1n) is 7.15. The number of nitrogens with zero attached hydrogens (tertiary/aromatic N) is 2. The summed E-state index contributed by atoms with van der Waals surface area (Å²) in [5.74, 6) is 0.971. The van der Waals surface area contributed by atoms with Crippen LogP contribution in [0.5, 0.6) is 0 Å². The minimum atomic E-state index is -0.164. The Bertz CT molecular complexity index is 594. The molecule has 0 saturated carbocycles. The highest BCUT2D eigenvalue weighted by molar-refractivity contribution is 5.77. The number of imidazole rings is 1. The molecule has 110 valence electrons. The van der Waals surface area contributed by atoms with Crippen LogP contribution in [0.2, 0.25) is 0 Å². The number of ether oxygens (including phenoxy) is 1. The summed E-state index contributed by atoms with van der Waals surface area (Å²) in [4.78, 5) is 4.73. The first-order chi connectivity index (χ1) is 9.31. The van der Waals surface area contributed by atoms with E-state index in [0.717, 1.165) is 22.4 Å². The molecule has 2 rings (SSSR count). The molecule has 0 amide bonds. The minimum absolute atomic E-state index is 0.164. The van der Waals surface area contributed by atoms with Crippen LogP contribution in [0.1, 0.15) is 52.0 Å². The fraction of sp³-hybridized carbons (Fsp3) is 0.562. The van der Waals surface area contributed by atoms with Gasteiger partial charge in [-0.2, -0.15) is 0 Å². The molecule has 0 saturated heterocycles. The van der Waals surface area contributed by atoms with Crippen molar-refractivity contribution in [3.05, 3.63) is 29.6 Å². The highest BCUT2D eigenvalue weighted by Crippen LogP contribution is 2.23. The normalized spacial score (nSPS) is 12.6. The van der Waals surface area contributed by atoms with Crippen LogP contribution >= 0.6 is 0 Å². The van der Waals surface area contributed by atoms with Crippen molar-refractivity contribution in [2.45, 2.75) is 59.4 Å². The molecule has 0 bridgehead atoms. The second-order valence-corrected chi connectivity index (χ2v) is 6.42. The Balaban J connectivity index is 2.44. The van der Waals surface area contributed by atoms with Crippen LogP contribution in [0.15, 0.2) is 18.2 Å². The molecule has 0 spiro atoms. The summed E-state index contributed by atoms with van der Waals surface area (Å²) >= 11 is 0. The van der Waals surface area contributed by atoms with Crippen molar-refractivity contribution in [3.8, 4) is 0 Å². The van der Waals surface area contributed by atoms with Gasteiger partial charge in [0.1, 0.15) is 12.4 Å². The fourth-order valence-corrected chi connectivity index (χ4v) is 2.28. The van der Waals surface area contributed by atoms with Crippen LogP contribution in [0.4, 0.5) is 0 Å². The fourth-order valence-electron chi connectivity index (χ4n) is 2.28. The number of benzene rings is 1. The maximum absolute atomic E-state index is 5.88. The van der Waals surface area contributed by atoms with Gasteiger partial charge in [0.25, 0.3) is 0 Å². The molecule has 4 nitrogen and oxygen atoms in total. The second kappa shape index (κ2) is 5.54. The lowest BCUT2D eigenvalue weighted by Crippen LogP contribution is -2.20. The van der Waals surface area contributed by atoms with Crippen molar-refractivity contribution in [2.24, 2.45) is 5.73 Å². The lowest BCUT2D eigenvalue weighted by atomic mass is 10.2. The summed E-state index contributed by atoms with van der Waals surface area (Å²) in [5.41, 5.74) is 8.78. The molecular weight excluding hydrogens is 250 g/mol. The van der Waals surface area contributed by atoms with Gasteiger partial charge in [-0.15, -0.1) is 0 Å². The van der Waals surface area contributed by atoms with Crippen LogP contribution in [0.3, 0.4) is 0 Å². The summed E-state index contributed by atoms with van der Waals surface area (Å²) < 4.78 is 8.12. The van der Waals surface area contributed by atoms with Crippen LogP contribution in [-0.2, 0) is 17.9 Å². The molecular formula is C16H25N3O. The van der Waals surface area contributed by atoms with Crippen LogP contribution in [0, 0.1) is 0 Å². The number of rotatable bonds is 4. The van der Waals surface area contributed by atoms with Crippen molar-refractivity contribution in [1.82, 2.24) is 9.55 Å². The number of hydrogen-bond donors (Lipinski definition) is 1. The average Bonchev–Trinajstić information content (AvgIpc) is 2.72. The van der Waals surface area contributed by atoms with Crippen molar-refractivity contribution < 1.29 is 4.74 Å². The monoisotopic (exact) mass is 275 g/mol. The molecule has 0 aliphatic carbocycles. The third kappa shape index (κ3) is 3.19. The van der Waals surface area contributed by atoms with E-state index < -0.39 is 0 Å². The molecule has 2 aromatic rings. The highest BCUT2D eigenvalue weighted by atomic mass is 16.5. The summed E-state index contributed by atoms with van der Waals surface area (Å²) in [6, 6.07) is 6.58. The summed E-state index contributed by atoms with van der Waals surface area (Å²) in [6.07, 6.45) is 0. The Morgan fingerprint density at radius 1 is 1.30 bits per heavy atom. The average molecular weight is 275 g/mol. The van der Waals surface area contributed by atoms with Gasteiger partial charge in [0, 0.05) is 12.6 Å². The van der Waals surface area contributed by atoms with E-state index in [9.17, 15) is 0 Å². The summed E-state index contributed by atoms with van der Waals surface area (Å²) in [7, 11) is 0. The van der Waals surface area contributed by atoms with E-state index >= 15 is 0 Å². The summed E-state index contributed by atoms with van der Waals surface area (Å²) in [6.45, 7) is 11.6. The molecule has 4 heteroatoms. The Labute approximate surface area is 120 Å². The molecule has 0 unspecified atom stereocenters. The van der Waals surface area contributed by atoms with E-state index in [1.54, 1.807) is 0 Å². The predicted octanol–water partition coefficient (Wildman–Crippen LogP) is 3.39. The third-order valence-corrected chi connectivity index (χ3v) is 3.21. The number of fused-ring (bicyclic) bond motifs is 1. The zero-order valence-electron chi connectivity index (χ0n) is 13.1. The van der Waals surface area contributed by atoms with Gasteiger partial charge in [-0.1, -0.05) is 6.07 Å². The first kappa shape index (κ1) is 15.0. The largest absolute Gasteiger partial charge is 0.368 e. The highest BCUT2D eigenvalue weighted by Gasteiger charge is 2.17. The molecule has 2 N–H and O–H groups in total. The van der Waals surface area contributed by atoms with E-state index in [0.29, 0.717) is 19.2 Å². The van der Waals surface area contributed by atoms with Crippen molar-refractivity contribution >= 4 is 11.0 Å². The molecule has 0 fully saturated rings. The lowest BCUT2D eigenvalue weighted by Gasteiger charge is -2.20. The zero-order valence-corrected chi connectivity index (χ0v) is 13.1. The standard InChI is InChI=1S/C16H25N3O/c1-11(2)19-14-7-6-12(9-17)8-13(14)18-15(19)10-20-16(3,4)5/h6-8,11H,9-10,17H2,1-5H3. The molecule has 0 aliphatic heterocycles. The van der Waals surface area contributed by atoms with Gasteiger partial charge in [-0.05, 0) is 52.3 Å². The smallest absolute Gasteiger partial charge is 0.136 e. The number of hydrogen-bond acceptors (Lipinski definition) is 3. The third-order valence-electron chi connectivity index (χ3n) is 3.21. The van der Waals surface area contributed by atoms with E-state index in [4.69, 9.17) is 15.5 Å². The minimum Gasteiger partial charge on any atom is -0.368 e. The Morgan fingerprint density at radius 2 is 2.00 bits per heavy atom. The van der Waals surface area contributed by atoms with E-state index in [-0.39, 0.29) is 5.60 Å². The number of aromatic nitrogens is 2. The predicted molar refractivity (Wildman–Crippen MR) is 82.6 cm³/mol. The lowest BCUT2D eigenvalue weighted by molar-refractivity contribution is -0.0194. The Morgan fingerprint density at radius 3 is 2.55 bits per heavy atom. The SMILES string of the molecule is CC(C)n1c(COC(C)(C)C)nc2cc(CN)ccc21. The molecule has 1 aromatic carbocycles. The Kier molecular flexibility index (Phi) is 4.16. The second-order valence-electron chi connectivity index (χ2n) is 6.42. The van der Waals surface area contributed by atoms with Crippen LogP contribution in [0.25, 0.3) is 11.0 Å². The van der Waals surface area contributed by atoms with Crippen LogP contribution in [-0.4, -0.2) is 15.2 Å². The first-order valence-corrected chi connectivity index (χ1v) is 7.15. The van der Waals surface area contributed by atoms with Gasteiger partial charge in [-0.3, -0.25) is 0 Å². The van der Waals surface area contributed by atoms with Crippen molar-refractivity contribution in [2.75, 3.05) is 0 Å². The topological polar surface area (TPSA) is 53.1 Å². The quantitative estimate of drug-likeness (QED) is 0.930. The zero-order chi connectivity index (χ0) is 14.9. The van der Waals surface area contributed by atoms with Crippen molar-refractivity contribution in [1.29, 1.82) is 0 Å². The molecule has 1 heterocycles. The molecule has 0 aliphatic rings. The van der Waals surface area contributed by atoms with Crippen molar-refractivity contribution in [3.63, 3.8) is 0 Å². The molecule has 0 radical (unpaired) electrons. The molecule has 0 atom stereocenters. The maximum atomic E-state index is 5.88. The van der Waals surface area contributed by atoms with Gasteiger partial charge >= 0.3 is 0 Å². The maximum Gasteiger partial charge on any atom is 0.136 e. The van der Waals surface area contributed by atoms with E-state index in [1.165, 1.54) is 0 Å². The molecule has 1 aromatic heterocycles. The number of nitrogens with two attached hydrogens (primary N) is 1. The van der Waals surface area contributed by atoms with E-state index in [1.807, 2.05) is 0 Å². The van der Waals surface area contributed by atoms with E-state index in [2.05, 4.69) is 57.4 Å². The molecule has 20 heavy (non-hydrogen) atoms. The summed E-state index contributed by atoms with van der Waals surface area (Å²) in [5, 5.41) is 0. The van der Waals surface area contributed by atoms with Gasteiger partial charge < -0.3 is 15.0 Å².